The van der Waals surface area contributed by atoms with Crippen molar-refractivity contribution < 1.29 is 4.79 Å². The summed E-state index contributed by atoms with van der Waals surface area (Å²) in [5.41, 5.74) is 2.54. The molecule has 0 aromatic carbocycles. The average molecular weight is 355 g/mol. The highest BCUT2D eigenvalue weighted by atomic mass is 16.2. The molecule has 140 valence electrons. The highest BCUT2D eigenvalue weighted by Crippen LogP contribution is 2.28. The van der Waals surface area contributed by atoms with Crippen molar-refractivity contribution in [3.8, 4) is 12.3 Å². The van der Waals surface area contributed by atoms with Gasteiger partial charge in [0.1, 0.15) is 0 Å². The van der Waals surface area contributed by atoms with Gasteiger partial charge in [0.25, 0.3) is 0 Å². The average Bonchev–Trinajstić information content (AvgIpc) is 3.12. The van der Waals surface area contributed by atoms with Gasteiger partial charge in [-0.1, -0.05) is 17.6 Å². The number of fused-ring (bicyclic) bond motifs is 1. The molecule has 6 heteroatoms. The van der Waals surface area contributed by atoms with E-state index in [-0.39, 0.29) is 11.9 Å². The van der Waals surface area contributed by atoms with Crippen LogP contribution in [0.2, 0.25) is 0 Å². The number of hydrogen-bond acceptors (Lipinski definition) is 4. The van der Waals surface area contributed by atoms with E-state index in [1.54, 1.807) is 0 Å². The van der Waals surface area contributed by atoms with E-state index in [1.807, 2.05) is 0 Å². The smallest absolute Gasteiger partial charge is 0.239 e. The van der Waals surface area contributed by atoms with Crippen molar-refractivity contribution in [1.29, 1.82) is 0 Å². The van der Waals surface area contributed by atoms with Crippen LogP contribution in [-0.2, 0) is 17.6 Å². The summed E-state index contributed by atoms with van der Waals surface area (Å²) in [6, 6.07) is 0.372. The first kappa shape index (κ1) is 17.5. The van der Waals surface area contributed by atoms with Gasteiger partial charge >= 0.3 is 0 Å². The first-order valence-electron chi connectivity index (χ1n) is 10.2. The zero-order valence-electron chi connectivity index (χ0n) is 15.6. The molecule has 26 heavy (non-hydrogen) atoms. The molecular formula is C20H29N5O. The van der Waals surface area contributed by atoms with E-state index in [2.05, 4.69) is 30.7 Å². The Morgan fingerprint density at radius 2 is 1.88 bits per heavy atom. The Balaban J connectivity index is 1.38. The number of rotatable bonds is 3. The van der Waals surface area contributed by atoms with Gasteiger partial charge in [-0.05, 0) is 57.9 Å². The van der Waals surface area contributed by atoms with E-state index < -0.39 is 0 Å². The lowest BCUT2D eigenvalue weighted by Gasteiger charge is -2.39. The molecule has 0 spiro atoms. The minimum atomic E-state index is -0.0181. The monoisotopic (exact) mass is 355 g/mol. The topological polar surface area (TPSA) is 54.3 Å². The summed E-state index contributed by atoms with van der Waals surface area (Å²) in [6.45, 7) is 3.16. The second-order valence-electron chi connectivity index (χ2n) is 7.88. The summed E-state index contributed by atoms with van der Waals surface area (Å²) >= 11 is 0. The molecule has 1 unspecified atom stereocenters. The van der Waals surface area contributed by atoms with Crippen LogP contribution in [0.1, 0.15) is 62.4 Å². The third kappa shape index (κ3) is 3.37. The van der Waals surface area contributed by atoms with Crippen LogP contribution < -0.4 is 0 Å². The summed E-state index contributed by atoms with van der Waals surface area (Å²) < 4.78 is 2.17. The molecule has 2 aliphatic heterocycles. The van der Waals surface area contributed by atoms with Crippen molar-refractivity contribution in [2.45, 2.75) is 69.9 Å². The Bertz CT molecular complexity index is 683. The van der Waals surface area contributed by atoms with E-state index in [0.29, 0.717) is 12.6 Å². The molecule has 1 amide bonds. The number of piperidine rings is 2. The van der Waals surface area contributed by atoms with E-state index in [0.717, 1.165) is 64.6 Å². The number of nitrogens with zero attached hydrogens (tertiary/aromatic N) is 5. The van der Waals surface area contributed by atoms with Crippen molar-refractivity contribution in [3.05, 3.63) is 11.4 Å². The zero-order chi connectivity index (χ0) is 17.9. The molecule has 0 radical (unpaired) electrons. The quantitative estimate of drug-likeness (QED) is 0.776. The molecule has 0 bridgehead atoms. The van der Waals surface area contributed by atoms with Gasteiger partial charge in [-0.25, -0.2) is 4.68 Å². The highest BCUT2D eigenvalue weighted by molar-refractivity contribution is 5.82. The maximum atomic E-state index is 13.0. The van der Waals surface area contributed by atoms with Gasteiger partial charge in [0.05, 0.1) is 30.0 Å². The van der Waals surface area contributed by atoms with Crippen LogP contribution in [0.25, 0.3) is 0 Å². The Morgan fingerprint density at radius 1 is 1.08 bits per heavy atom. The summed E-state index contributed by atoms with van der Waals surface area (Å²) in [4.78, 5) is 17.3. The van der Waals surface area contributed by atoms with Crippen LogP contribution >= 0.6 is 0 Å². The maximum Gasteiger partial charge on any atom is 0.239 e. The van der Waals surface area contributed by atoms with E-state index in [9.17, 15) is 4.79 Å². The largest absolute Gasteiger partial charge is 0.341 e. The predicted octanol–water partition coefficient (Wildman–Crippen LogP) is 1.81. The second kappa shape index (κ2) is 7.79. The van der Waals surface area contributed by atoms with Crippen molar-refractivity contribution in [2.24, 2.45) is 0 Å². The van der Waals surface area contributed by atoms with Gasteiger partial charge in [-0.15, -0.1) is 11.5 Å². The van der Waals surface area contributed by atoms with Crippen LogP contribution in [0.4, 0.5) is 0 Å². The molecule has 6 nitrogen and oxygen atoms in total. The fraction of sp³-hybridized carbons (Fsp3) is 0.750. The van der Waals surface area contributed by atoms with Gasteiger partial charge < -0.3 is 4.90 Å². The molecule has 1 aliphatic carbocycles. The van der Waals surface area contributed by atoms with Crippen LogP contribution in [0.3, 0.4) is 0 Å². The third-order valence-corrected chi connectivity index (χ3v) is 6.26. The van der Waals surface area contributed by atoms with E-state index in [1.165, 1.54) is 24.2 Å². The Kier molecular flexibility index (Phi) is 5.26. The number of hydrogen-bond donors (Lipinski definition) is 0. The number of aromatic nitrogens is 3. The van der Waals surface area contributed by atoms with Crippen LogP contribution in [0, 0.1) is 12.3 Å². The molecular weight excluding hydrogens is 326 g/mol. The van der Waals surface area contributed by atoms with Crippen molar-refractivity contribution >= 4 is 5.91 Å². The summed E-state index contributed by atoms with van der Waals surface area (Å²) in [5, 5.41) is 8.85. The predicted molar refractivity (Wildman–Crippen MR) is 99.6 cm³/mol. The van der Waals surface area contributed by atoms with Crippen LogP contribution in [0.5, 0.6) is 0 Å². The second-order valence-corrected chi connectivity index (χ2v) is 7.88. The normalized spacial score (nSPS) is 24.9. The standard InChI is InChI=1S/C20H29N5O/c1-2-12-23-13-6-5-9-19(23)20(26)24-14-10-16(11-15-24)25-18-8-4-3-7-17(18)21-22-25/h1,16,19H,3-15H2. The minimum Gasteiger partial charge on any atom is -0.341 e. The first-order valence-corrected chi connectivity index (χ1v) is 10.2. The number of likely N-dealkylation sites (tertiary alicyclic amines) is 2. The number of aryl methyl sites for hydroxylation is 1. The number of terminal acetylenes is 1. The van der Waals surface area contributed by atoms with Crippen LogP contribution in [0.15, 0.2) is 0 Å². The summed E-state index contributed by atoms with van der Waals surface area (Å²) in [7, 11) is 0. The van der Waals surface area contributed by atoms with E-state index in [4.69, 9.17) is 6.42 Å². The SMILES string of the molecule is C#CCN1CCCCC1C(=O)N1CCC(n2nnc3c2CCCC3)CC1. The molecule has 2 fully saturated rings. The lowest BCUT2D eigenvalue weighted by atomic mass is 9.97. The Morgan fingerprint density at radius 3 is 2.69 bits per heavy atom. The third-order valence-electron chi connectivity index (χ3n) is 6.26. The van der Waals surface area contributed by atoms with Gasteiger partial charge in [-0.2, -0.15) is 0 Å². The van der Waals surface area contributed by atoms with Gasteiger partial charge in [0.15, 0.2) is 0 Å². The molecule has 0 saturated carbocycles. The molecule has 0 N–H and O–H groups in total. The molecule has 1 aromatic rings. The number of carbonyl (C=O) groups excluding carboxylic acids is 1. The number of carbonyl (C=O) groups is 1. The molecule has 1 aromatic heterocycles. The van der Waals surface area contributed by atoms with Gasteiger partial charge in [0.2, 0.25) is 5.91 Å². The van der Waals surface area contributed by atoms with Crippen molar-refractivity contribution in [3.63, 3.8) is 0 Å². The fourth-order valence-electron chi connectivity index (χ4n) is 4.80. The zero-order valence-corrected chi connectivity index (χ0v) is 15.6. The lowest BCUT2D eigenvalue weighted by Crippen LogP contribution is -2.52. The molecule has 3 heterocycles. The molecule has 3 aliphatic rings. The summed E-state index contributed by atoms with van der Waals surface area (Å²) in [5.74, 6) is 2.99. The fourth-order valence-corrected chi connectivity index (χ4v) is 4.80. The Labute approximate surface area is 155 Å². The first-order chi connectivity index (χ1) is 12.8. The molecule has 4 rings (SSSR count). The van der Waals surface area contributed by atoms with Crippen molar-refractivity contribution in [2.75, 3.05) is 26.2 Å². The highest BCUT2D eigenvalue weighted by Gasteiger charge is 2.34. The van der Waals surface area contributed by atoms with Crippen molar-refractivity contribution in [1.82, 2.24) is 24.8 Å². The number of amides is 1. The lowest BCUT2D eigenvalue weighted by molar-refractivity contribution is -0.139. The molecule has 2 saturated heterocycles. The Hall–Kier alpha value is -1.87. The van der Waals surface area contributed by atoms with Gasteiger partial charge in [0, 0.05) is 13.1 Å². The molecule has 1 atom stereocenters. The van der Waals surface area contributed by atoms with Crippen LogP contribution in [-0.4, -0.2) is 62.9 Å². The summed E-state index contributed by atoms with van der Waals surface area (Å²) in [6.07, 6.45) is 15.3. The minimum absolute atomic E-state index is 0.0181. The maximum absolute atomic E-state index is 13.0. The van der Waals surface area contributed by atoms with E-state index >= 15 is 0 Å². The van der Waals surface area contributed by atoms with Gasteiger partial charge in [-0.3, -0.25) is 9.69 Å².